The van der Waals surface area contributed by atoms with E-state index in [2.05, 4.69) is 55.5 Å². The number of H-pyrrole nitrogens is 1. The zero-order chi connectivity index (χ0) is 14.0. The van der Waals surface area contributed by atoms with Crippen molar-refractivity contribution in [1.29, 1.82) is 0 Å². The van der Waals surface area contributed by atoms with Crippen LogP contribution in [0.4, 0.5) is 5.69 Å². The fourth-order valence-corrected chi connectivity index (χ4v) is 2.83. The lowest BCUT2D eigenvalue weighted by atomic mass is 10.2. The second-order valence-electron chi connectivity index (χ2n) is 4.38. The average molecular weight is 293 g/mol. The number of nitrogens with zero attached hydrogens (tertiary/aromatic N) is 2. The maximum atomic E-state index is 5.33. The molecule has 0 amide bonds. The van der Waals surface area contributed by atoms with E-state index in [1.165, 1.54) is 5.39 Å². The average Bonchev–Trinajstić information content (AvgIpc) is 2.71. The molecule has 3 nitrogen and oxygen atoms in total. The summed E-state index contributed by atoms with van der Waals surface area (Å²) in [6.45, 7) is 8.07. The summed E-state index contributed by atoms with van der Waals surface area (Å²) in [5.74, 6) is 0. The van der Waals surface area contributed by atoms with Crippen molar-refractivity contribution in [3.63, 3.8) is 0 Å². The highest BCUT2D eigenvalue weighted by atomic mass is 32.1. The summed E-state index contributed by atoms with van der Waals surface area (Å²) in [6, 6.07) is 8.26. The van der Waals surface area contributed by atoms with Crippen molar-refractivity contribution < 1.29 is 0 Å². The van der Waals surface area contributed by atoms with Crippen LogP contribution >= 0.6 is 24.8 Å². The molecule has 0 aliphatic rings. The van der Waals surface area contributed by atoms with Gasteiger partial charge in [-0.25, -0.2) is 5.01 Å². The number of aromatic amines is 1. The van der Waals surface area contributed by atoms with E-state index in [1.807, 2.05) is 17.1 Å². The van der Waals surface area contributed by atoms with Crippen LogP contribution in [0.3, 0.4) is 0 Å². The Morgan fingerprint density at radius 3 is 2.47 bits per heavy atom. The quantitative estimate of drug-likeness (QED) is 0.509. The van der Waals surface area contributed by atoms with E-state index in [0.29, 0.717) is 4.32 Å². The SMILES string of the molecule is CCN(CC)N(C(=S)S)c1c(C)[nH]c2ccccc12. The molecule has 1 heterocycles. The van der Waals surface area contributed by atoms with Crippen LogP contribution in [0.15, 0.2) is 24.3 Å². The summed E-state index contributed by atoms with van der Waals surface area (Å²) in [5.41, 5.74) is 3.32. The number of nitrogens with one attached hydrogen (secondary N) is 1. The lowest BCUT2D eigenvalue weighted by Crippen LogP contribution is -2.44. The molecule has 0 saturated heterocycles. The molecule has 2 aromatic rings. The number of hydrazine groups is 1. The zero-order valence-corrected chi connectivity index (χ0v) is 13.2. The van der Waals surface area contributed by atoms with Gasteiger partial charge in [0, 0.05) is 29.7 Å². The third-order valence-electron chi connectivity index (χ3n) is 3.27. The molecule has 2 rings (SSSR count). The van der Waals surface area contributed by atoms with Crippen molar-refractivity contribution in [2.45, 2.75) is 20.8 Å². The molecule has 0 aliphatic carbocycles. The number of rotatable bonds is 4. The summed E-state index contributed by atoms with van der Waals surface area (Å²) >= 11 is 9.73. The molecule has 0 saturated carbocycles. The molecule has 102 valence electrons. The Kier molecular flexibility index (Phi) is 4.50. The molecule has 19 heavy (non-hydrogen) atoms. The van der Waals surface area contributed by atoms with E-state index in [9.17, 15) is 0 Å². The maximum Gasteiger partial charge on any atom is 0.152 e. The number of para-hydroxylation sites is 1. The first-order valence-corrected chi connectivity index (χ1v) is 7.30. The van der Waals surface area contributed by atoms with Gasteiger partial charge in [0.05, 0.1) is 5.69 Å². The summed E-state index contributed by atoms with van der Waals surface area (Å²) in [5, 5.41) is 5.37. The number of thiol groups is 1. The number of hydrogen-bond acceptors (Lipinski definition) is 2. The molecule has 5 heteroatoms. The first-order chi connectivity index (χ1) is 9.10. The predicted molar refractivity (Wildman–Crippen MR) is 90.0 cm³/mol. The molecule has 0 spiro atoms. The first-order valence-electron chi connectivity index (χ1n) is 6.45. The highest BCUT2D eigenvalue weighted by Gasteiger charge is 2.21. The van der Waals surface area contributed by atoms with Crippen LogP contribution in [0.2, 0.25) is 0 Å². The van der Waals surface area contributed by atoms with Gasteiger partial charge in [0.2, 0.25) is 0 Å². The molecule has 1 aromatic carbocycles. The number of fused-ring (bicyclic) bond motifs is 1. The Labute approximate surface area is 125 Å². The third-order valence-corrected chi connectivity index (χ3v) is 3.63. The van der Waals surface area contributed by atoms with E-state index >= 15 is 0 Å². The molecule has 1 N–H and O–H groups in total. The van der Waals surface area contributed by atoms with Gasteiger partial charge in [-0.3, -0.25) is 5.01 Å². The van der Waals surface area contributed by atoms with Gasteiger partial charge < -0.3 is 4.98 Å². The number of hydrogen-bond donors (Lipinski definition) is 2. The predicted octanol–water partition coefficient (Wildman–Crippen LogP) is 3.75. The van der Waals surface area contributed by atoms with E-state index in [4.69, 9.17) is 12.2 Å². The monoisotopic (exact) mass is 293 g/mol. The minimum Gasteiger partial charge on any atom is -0.357 e. The number of thiocarbonyl (C=S) groups is 1. The Bertz CT molecular complexity index is 587. The minimum absolute atomic E-state index is 0.566. The van der Waals surface area contributed by atoms with Gasteiger partial charge in [-0.2, -0.15) is 0 Å². The van der Waals surface area contributed by atoms with Crippen molar-refractivity contribution in [2.75, 3.05) is 18.1 Å². The van der Waals surface area contributed by atoms with Crippen molar-refractivity contribution in [1.82, 2.24) is 9.99 Å². The topological polar surface area (TPSA) is 22.3 Å². The van der Waals surface area contributed by atoms with Crippen LogP contribution in [-0.4, -0.2) is 27.4 Å². The van der Waals surface area contributed by atoms with Gasteiger partial charge in [-0.1, -0.05) is 44.3 Å². The van der Waals surface area contributed by atoms with Crippen LogP contribution in [0.5, 0.6) is 0 Å². The summed E-state index contributed by atoms with van der Waals surface area (Å²) in [6.07, 6.45) is 0. The molecule has 0 fully saturated rings. The van der Waals surface area contributed by atoms with Gasteiger partial charge in [0.15, 0.2) is 4.32 Å². The Morgan fingerprint density at radius 1 is 1.26 bits per heavy atom. The van der Waals surface area contributed by atoms with Crippen molar-refractivity contribution >= 4 is 45.8 Å². The van der Waals surface area contributed by atoms with Crippen LogP contribution in [0, 0.1) is 6.92 Å². The highest BCUT2D eigenvalue weighted by molar-refractivity contribution is 8.11. The maximum absolute atomic E-state index is 5.33. The lowest BCUT2D eigenvalue weighted by Gasteiger charge is -2.34. The number of anilines is 1. The smallest absolute Gasteiger partial charge is 0.152 e. The van der Waals surface area contributed by atoms with Crippen LogP contribution in [0.1, 0.15) is 19.5 Å². The van der Waals surface area contributed by atoms with E-state index in [-0.39, 0.29) is 0 Å². The lowest BCUT2D eigenvalue weighted by molar-refractivity contribution is 0.321. The van der Waals surface area contributed by atoms with Gasteiger partial charge in [0.1, 0.15) is 0 Å². The minimum atomic E-state index is 0.566. The molecule has 0 radical (unpaired) electrons. The van der Waals surface area contributed by atoms with Crippen LogP contribution < -0.4 is 5.01 Å². The number of aromatic nitrogens is 1. The van der Waals surface area contributed by atoms with Crippen LogP contribution in [-0.2, 0) is 0 Å². The normalized spacial score (nSPS) is 11.2. The van der Waals surface area contributed by atoms with Gasteiger partial charge in [0.25, 0.3) is 0 Å². The van der Waals surface area contributed by atoms with Gasteiger partial charge in [-0.15, -0.1) is 12.6 Å². The first kappa shape index (κ1) is 14.4. The van der Waals surface area contributed by atoms with Gasteiger partial charge in [-0.05, 0) is 13.0 Å². The second-order valence-corrected chi connectivity index (χ2v) is 5.49. The van der Waals surface area contributed by atoms with E-state index < -0.39 is 0 Å². The second kappa shape index (κ2) is 5.94. The Morgan fingerprint density at radius 2 is 1.89 bits per heavy atom. The molecule has 0 unspecified atom stereocenters. The number of benzene rings is 1. The van der Waals surface area contributed by atoms with Crippen molar-refractivity contribution in [2.24, 2.45) is 0 Å². The molecule has 0 atom stereocenters. The fourth-order valence-electron chi connectivity index (χ4n) is 2.40. The highest BCUT2D eigenvalue weighted by Crippen LogP contribution is 2.32. The van der Waals surface area contributed by atoms with E-state index in [1.54, 1.807) is 0 Å². The summed E-state index contributed by atoms with van der Waals surface area (Å²) < 4.78 is 0.566. The molecular formula is C14H19N3S2. The molecule has 0 aliphatic heterocycles. The Balaban J connectivity index is 2.62. The summed E-state index contributed by atoms with van der Waals surface area (Å²) in [7, 11) is 0. The Hall–Kier alpha value is -1.04. The fraction of sp³-hybridized carbons (Fsp3) is 0.357. The molecular weight excluding hydrogens is 274 g/mol. The summed E-state index contributed by atoms with van der Waals surface area (Å²) in [4.78, 5) is 3.40. The van der Waals surface area contributed by atoms with Crippen molar-refractivity contribution in [3.05, 3.63) is 30.0 Å². The third kappa shape index (κ3) is 2.63. The largest absolute Gasteiger partial charge is 0.357 e. The molecule has 0 bridgehead atoms. The van der Waals surface area contributed by atoms with Gasteiger partial charge >= 0.3 is 0 Å². The van der Waals surface area contributed by atoms with Crippen LogP contribution in [0.25, 0.3) is 10.9 Å². The van der Waals surface area contributed by atoms with Crippen molar-refractivity contribution in [3.8, 4) is 0 Å². The molecule has 1 aromatic heterocycles. The van der Waals surface area contributed by atoms with E-state index in [0.717, 1.165) is 30.0 Å². The zero-order valence-electron chi connectivity index (χ0n) is 11.5. The number of aryl methyl sites for hydroxylation is 1. The standard InChI is InChI=1S/C14H19N3S2/c1-4-16(5-2)17(14(18)19)13-10(3)15-12-9-7-6-8-11(12)13/h6-9,15H,4-5H2,1-3H3,(H,18,19).